The first-order valence-electron chi connectivity index (χ1n) is 8.96. The van der Waals surface area contributed by atoms with Crippen molar-refractivity contribution in [1.29, 1.82) is 0 Å². The molecule has 0 saturated heterocycles. The summed E-state index contributed by atoms with van der Waals surface area (Å²) in [6.07, 6.45) is 1.70. The summed E-state index contributed by atoms with van der Waals surface area (Å²) in [5, 5.41) is 3.33. The standard InChI is InChI=1S/C21H13ClN4O2S2/c22-13-6-7-16-17(10-13)24-21(26(19(16)28)15-4-2-1-3-5-15)30-12-14-11-18(27)25-8-9-29-20(25)23-14/h1-11H,12H2. The maximum Gasteiger partial charge on any atom is 0.266 e. The number of thiazole rings is 1. The molecule has 0 radical (unpaired) electrons. The molecule has 5 rings (SSSR count). The molecule has 0 aliphatic heterocycles. The Morgan fingerprint density at radius 3 is 2.70 bits per heavy atom. The maximum atomic E-state index is 13.3. The lowest BCUT2D eigenvalue weighted by atomic mass is 10.2. The molecule has 0 spiro atoms. The number of benzene rings is 2. The SMILES string of the molecule is O=c1c2ccc(Cl)cc2nc(SCc2cc(=O)n3ccsc3n2)n1-c1ccccc1. The minimum atomic E-state index is -0.174. The molecule has 30 heavy (non-hydrogen) atoms. The van der Waals surface area contributed by atoms with Gasteiger partial charge in [-0.2, -0.15) is 0 Å². The molecule has 5 aromatic rings. The van der Waals surface area contributed by atoms with E-state index in [4.69, 9.17) is 16.6 Å². The van der Waals surface area contributed by atoms with Crippen LogP contribution < -0.4 is 11.1 Å². The fraction of sp³-hybridized carbons (Fsp3) is 0.0476. The molecule has 9 heteroatoms. The van der Waals surface area contributed by atoms with Gasteiger partial charge in [0.25, 0.3) is 11.1 Å². The van der Waals surface area contributed by atoms with E-state index in [9.17, 15) is 9.59 Å². The summed E-state index contributed by atoms with van der Waals surface area (Å²) in [5.41, 5.74) is 1.58. The third kappa shape index (κ3) is 3.43. The van der Waals surface area contributed by atoms with Gasteiger partial charge in [0.15, 0.2) is 10.1 Å². The van der Waals surface area contributed by atoms with Gasteiger partial charge in [-0.25, -0.2) is 9.97 Å². The number of hydrogen-bond acceptors (Lipinski definition) is 6. The number of nitrogens with zero attached hydrogens (tertiary/aromatic N) is 4. The molecule has 6 nitrogen and oxygen atoms in total. The molecule has 3 aromatic heterocycles. The lowest BCUT2D eigenvalue weighted by Gasteiger charge is -2.13. The fourth-order valence-corrected chi connectivity index (χ4v) is 4.95. The smallest absolute Gasteiger partial charge is 0.266 e. The van der Waals surface area contributed by atoms with Crippen molar-refractivity contribution in [2.75, 3.05) is 0 Å². The normalized spacial score (nSPS) is 11.4. The van der Waals surface area contributed by atoms with Gasteiger partial charge >= 0.3 is 0 Å². The number of aromatic nitrogens is 4. The quantitative estimate of drug-likeness (QED) is 0.298. The fourth-order valence-electron chi connectivity index (χ4n) is 3.14. The maximum absolute atomic E-state index is 13.3. The van der Waals surface area contributed by atoms with Crippen molar-refractivity contribution in [1.82, 2.24) is 18.9 Å². The molecule has 0 aliphatic carbocycles. The van der Waals surface area contributed by atoms with E-state index in [1.165, 1.54) is 33.6 Å². The summed E-state index contributed by atoms with van der Waals surface area (Å²) in [6.45, 7) is 0. The predicted octanol–water partition coefficient (Wildman–Crippen LogP) is 4.40. The van der Waals surface area contributed by atoms with Crippen LogP contribution in [-0.4, -0.2) is 18.9 Å². The number of halogens is 1. The zero-order valence-corrected chi connectivity index (χ0v) is 17.7. The van der Waals surface area contributed by atoms with Gasteiger partial charge in [0.05, 0.1) is 22.3 Å². The second-order valence-electron chi connectivity index (χ2n) is 6.46. The average Bonchev–Trinajstić information content (AvgIpc) is 3.22. The number of rotatable bonds is 4. The second kappa shape index (κ2) is 7.71. The Morgan fingerprint density at radius 1 is 1.03 bits per heavy atom. The van der Waals surface area contributed by atoms with E-state index >= 15 is 0 Å². The van der Waals surface area contributed by atoms with Crippen LogP contribution in [0.3, 0.4) is 0 Å². The van der Waals surface area contributed by atoms with Crippen LogP contribution in [0.25, 0.3) is 21.6 Å². The van der Waals surface area contributed by atoms with E-state index in [-0.39, 0.29) is 11.1 Å². The highest BCUT2D eigenvalue weighted by atomic mass is 35.5. The molecule has 0 N–H and O–H groups in total. The summed E-state index contributed by atoms with van der Waals surface area (Å²) in [4.78, 5) is 35.4. The first-order chi connectivity index (χ1) is 14.6. The second-order valence-corrected chi connectivity index (χ2v) is 8.71. The van der Waals surface area contributed by atoms with Crippen LogP contribution >= 0.6 is 34.7 Å². The molecule has 0 saturated carbocycles. The van der Waals surface area contributed by atoms with Gasteiger partial charge in [-0.3, -0.25) is 18.6 Å². The Hall–Kier alpha value is -2.94. The summed E-state index contributed by atoms with van der Waals surface area (Å²) < 4.78 is 3.09. The van der Waals surface area contributed by atoms with Crippen LogP contribution in [0.4, 0.5) is 0 Å². The van der Waals surface area contributed by atoms with E-state index in [0.717, 1.165) is 5.69 Å². The van der Waals surface area contributed by atoms with Crippen LogP contribution in [0, 0.1) is 0 Å². The van der Waals surface area contributed by atoms with E-state index < -0.39 is 0 Å². The van der Waals surface area contributed by atoms with Crippen molar-refractivity contribution < 1.29 is 0 Å². The zero-order valence-electron chi connectivity index (χ0n) is 15.4. The molecule has 148 valence electrons. The van der Waals surface area contributed by atoms with Gasteiger partial charge in [-0.15, -0.1) is 11.3 Å². The molecule has 0 fully saturated rings. The van der Waals surface area contributed by atoms with Gasteiger partial charge in [0.2, 0.25) is 0 Å². The number of thioether (sulfide) groups is 1. The molecule has 0 aliphatic rings. The Kier molecular flexibility index (Phi) is 4.90. The minimum Gasteiger partial charge on any atom is -0.269 e. The summed E-state index contributed by atoms with van der Waals surface area (Å²) in [7, 11) is 0. The first kappa shape index (κ1) is 19.0. The van der Waals surface area contributed by atoms with Gasteiger partial charge < -0.3 is 0 Å². The van der Waals surface area contributed by atoms with Crippen LogP contribution in [0.5, 0.6) is 0 Å². The highest BCUT2D eigenvalue weighted by Gasteiger charge is 2.14. The summed E-state index contributed by atoms with van der Waals surface area (Å²) in [6, 6.07) is 15.9. The van der Waals surface area contributed by atoms with Crippen LogP contribution in [0.1, 0.15) is 5.69 Å². The van der Waals surface area contributed by atoms with E-state index in [0.29, 0.717) is 37.5 Å². The highest BCUT2D eigenvalue weighted by Crippen LogP contribution is 2.25. The minimum absolute atomic E-state index is 0.129. The molecule has 0 bridgehead atoms. The van der Waals surface area contributed by atoms with Crippen LogP contribution in [0.15, 0.2) is 80.9 Å². The number of para-hydroxylation sites is 1. The zero-order chi connectivity index (χ0) is 20.7. The van der Waals surface area contributed by atoms with Gasteiger partial charge in [0, 0.05) is 28.4 Å². The van der Waals surface area contributed by atoms with Crippen molar-refractivity contribution in [3.8, 4) is 5.69 Å². The van der Waals surface area contributed by atoms with E-state index in [1.807, 2.05) is 35.7 Å². The lowest BCUT2D eigenvalue weighted by Crippen LogP contribution is -2.21. The van der Waals surface area contributed by atoms with E-state index in [1.54, 1.807) is 29.0 Å². The molecule has 0 unspecified atom stereocenters. The summed E-state index contributed by atoms with van der Waals surface area (Å²) >= 11 is 8.87. The highest BCUT2D eigenvalue weighted by molar-refractivity contribution is 7.98. The predicted molar refractivity (Wildman–Crippen MR) is 121 cm³/mol. The molecular formula is C21H13ClN4O2S2. The molecule has 0 amide bonds. The first-order valence-corrected chi connectivity index (χ1v) is 11.2. The third-order valence-electron chi connectivity index (χ3n) is 4.52. The van der Waals surface area contributed by atoms with Gasteiger partial charge in [-0.1, -0.05) is 41.6 Å². The number of fused-ring (bicyclic) bond motifs is 2. The summed E-state index contributed by atoms with van der Waals surface area (Å²) in [5.74, 6) is 0.398. The largest absolute Gasteiger partial charge is 0.269 e. The Morgan fingerprint density at radius 2 is 1.87 bits per heavy atom. The lowest BCUT2D eigenvalue weighted by molar-refractivity contribution is 0.819. The Balaban J connectivity index is 1.63. The molecule has 3 heterocycles. The molecular weight excluding hydrogens is 440 g/mol. The van der Waals surface area contributed by atoms with E-state index in [2.05, 4.69) is 4.98 Å². The van der Waals surface area contributed by atoms with Crippen LogP contribution in [0.2, 0.25) is 5.02 Å². The molecule has 2 aromatic carbocycles. The van der Waals surface area contributed by atoms with Crippen molar-refractivity contribution >= 4 is 50.6 Å². The van der Waals surface area contributed by atoms with Crippen LogP contribution in [-0.2, 0) is 5.75 Å². The average molecular weight is 453 g/mol. The Bertz CT molecular complexity index is 1510. The van der Waals surface area contributed by atoms with Gasteiger partial charge in [0.1, 0.15) is 0 Å². The van der Waals surface area contributed by atoms with Crippen molar-refractivity contribution in [2.24, 2.45) is 0 Å². The van der Waals surface area contributed by atoms with Crippen molar-refractivity contribution in [3.05, 3.63) is 97.6 Å². The molecule has 0 atom stereocenters. The third-order valence-corrected chi connectivity index (χ3v) is 6.48. The van der Waals surface area contributed by atoms with Crippen molar-refractivity contribution in [3.63, 3.8) is 0 Å². The monoisotopic (exact) mass is 452 g/mol. The number of hydrogen-bond donors (Lipinski definition) is 0. The Labute approximate surface area is 183 Å². The topological polar surface area (TPSA) is 69.3 Å². The van der Waals surface area contributed by atoms with Crippen molar-refractivity contribution in [2.45, 2.75) is 10.9 Å². The van der Waals surface area contributed by atoms with Gasteiger partial charge in [-0.05, 0) is 30.3 Å².